The minimum Gasteiger partial charge on any atom is -0.494 e. The number of hydrogen-bond donors (Lipinski definition) is 2. The number of nitrogen functional groups attached to an aromatic ring is 1. The first kappa shape index (κ1) is 15.1. The second kappa shape index (κ2) is 6.02. The Labute approximate surface area is 123 Å². The van der Waals surface area contributed by atoms with Gasteiger partial charge in [-0.15, -0.1) is 0 Å². The number of anilines is 1. The van der Waals surface area contributed by atoms with Crippen molar-refractivity contribution in [3.8, 4) is 17.2 Å². The van der Waals surface area contributed by atoms with E-state index in [1.54, 1.807) is 24.3 Å². The van der Waals surface area contributed by atoms with Crippen LogP contribution in [0.1, 0.15) is 6.92 Å². The van der Waals surface area contributed by atoms with Crippen molar-refractivity contribution in [3.05, 3.63) is 42.5 Å². The van der Waals surface area contributed by atoms with E-state index >= 15 is 0 Å². The van der Waals surface area contributed by atoms with E-state index in [9.17, 15) is 8.42 Å². The van der Waals surface area contributed by atoms with Gasteiger partial charge in [0.2, 0.25) is 10.0 Å². The topological polar surface area (TPSA) is 105 Å². The largest absolute Gasteiger partial charge is 0.494 e. The molecule has 7 heteroatoms. The maximum absolute atomic E-state index is 11.6. The molecule has 0 heterocycles. The Morgan fingerprint density at radius 3 is 2.48 bits per heavy atom. The molecule has 0 aromatic heterocycles. The molecule has 0 radical (unpaired) electrons. The Morgan fingerprint density at radius 1 is 1.10 bits per heavy atom. The van der Waals surface area contributed by atoms with Crippen LogP contribution >= 0.6 is 0 Å². The van der Waals surface area contributed by atoms with Crippen LogP contribution in [0, 0.1) is 0 Å². The quantitative estimate of drug-likeness (QED) is 0.823. The van der Waals surface area contributed by atoms with Crippen molar-refractivity contribution in [2.24, 2.45) is 5.14 Å². The standard InChI is InChI=1S/C14H16N2O4S/c1-2-19-11-4-3-5-12(9-11)20-13-7-6-10(15)8-14(13)21(16,17)18/h3-9H,2,15H2,1H3,(H2,16,17,18). The smallest absolute Gasteiger partial charge is 0.241 e. The highest BCUT2D eigenvalue weighted by Crippen LogP contribution is 2.31. The summed E-state index contributed by atoms with van der Waals surface area (Å²) in [6.07, 6.45) is 0. The van der Waals surface area contributed by atoms with Crippen LogP contribution in [0.4, 0.5) is 5.69 Å². The molecule has 0 fully saturated rings. The summed E-state index contributed by atoms with van der Waals surface area (Å²) < 4.78 is 34.1. The molecule has 0 aliphatic heterocycles. The molecule has 21 heavy (non-hydrogen) atoms. The average Bonchev–Trinajstić information content (AvgIpc) is 2.40. The van der Waals surface area contributed by atoms with Gasteiger partial charge in [-0.2, -0.15) is 0 Å². The van der Waals surface area contributed by atoms with Crippen molar-refractivity contribution in [1.29, 1.82) is 0 Å². The lowest BCUT2D eigenvalue weighted by Gasteiger charge is -2.11. The van der Waals surface area contributed by atoms with Crippen molar-refractivity contribution >= 4 is 15.7 Å². The van der Waals surface area contributed by atoms with Crippen molar-refractivity contribution in [2.75, 3.05) is 12.3 Å². The Balaban J connectivity index is 2.38. The van der Waals surface area contributed by atoms with Gasteiger partial charge in [-0.25, -0.2) is 13.6 Å². The number of hydrogen-bond acceptors (Lipinski definition) is 5. The summed E-state index contributed by atoms with van der Waals surface area (Å²) in [5.41, 5.74) is 5.87. The van der Waals surface area contributed by atoms with E-state index in [4.69, 9.17) is 20.3 Å². The van der Waals surface area contributed by atoms with Crippen LogP contribution in [-0.4, -0.2) is 15.0 Å². The van der Waals surface area contributed by atoms with Crippen LogP contribution in [0.3, 0.4) is 0 Å². The molecule has 0 amide bonds. The highest BCUT2D eigenvalue weighted by molar-refractivity contribution is 7.89. The molecule has 0 saturated heterocycles. The minimum absolute atomic E-state index is 0.111. The molecule has 0 aliphatic rings. The van der Waals surface area contributed by atoms with Gasteiger partial charge in [0.15, 0.2) is 0 Å². The lowest BCUT2D eigenvalue weighted by atomic mass is 10.3. The molecule has 0 unspecified atom stereocenters. The lowest BCUT2D eigenvalue weighted by molar-refractivity contribution is 0.338. The fourth-order valence-corrected chi connectivity index (χ4v) is 2.44. The summed E-state index contributed by atoms with van der Waals surface area (Å²) in [7, 11) is -3.93. The second-order valence-electron chi connectivity index (χ2n) is 4.26. The van der Waals surface area contributed by atoms with Gasteiger partial charge in [0.05, 0.1) is 6.61 Å². The minimum atomic E-state index is -3.93. The van der Waals surface area contributed by atoms with E-state index < -0.39 is 10.0 Å². The van der Waals surface area contributed by atoms with Crippen molar-refractivity contribution in [2.45, 2.75) is 11.8 Å². The molecular weight excluding hydrogens is 292 g/mol. The average molecular weight is 308 g/mol. The van der Waals surface area contributed by atoms with E-state index in [-0.39, 0.29) is 16.3 Å². The monoisotopic (exact) mass is 308 g/mol. The molecule has 0 saturated carbocycles. The molecule has 0 aliphatic carbocycles. The Hall–Kier alpha value is -2.25. The summed E-state index contributed by atoms with van der Waals surface area (Å²) in [5, 5.41) is 5.17. The van der Waals surface area contributed by atoms with Crippen LogP contribution in [0.15, 0.2) is 47.4 Å². The summed E-state index contributed by atoms with van der Waals surface area (Å²) in [5.74, 6) is 1.18. The summed E-state index contributed by atoms with van der Waals surface area (Å²) in [6.45, 7) is 2.39. The van der Waals surface area contributed by atoms with E-state index in [1.165, 1.54) is 18.2 Å². The summed E-state index contributed by atoms with van der Waals surface area (Å²) in [4.78, 5) is -0.163. The highest BCUT2D eigenvalue weighted by atomic mass is 32.2. The zero-order valence-electron chi connectivity index (χ0n) is 11.4. The first-order valence-corrected chi connectivity index (χ1v) is 7.78. The lowest BCUT2D eigenvalue weighted by Crippen LogP contribution is -2.13. The molecule has 4 N–H and O–H groups in total. The van der Waals surface area contributed by atoms with Gasteiger partial charge in [0.1, 0.15) is 22.1 Å². The van der Waals surface area contributed by atoms with Gasteiger partial charge in [-0.1, -0.05) is 6.07 Å². The second-order valence-corrected chi connectivity index (χ2v) is 5.79. The Morgan fingerprint density at radius 2 is 1.81 bits per heavy atom. The van der Waals surface area contributed by atoms with Crippen molar-refractivity contribution in [1.82, 2.24) is 0 Å². The normalized spacial score (nSPS) is 11.1. The zero-order valence-corrected chi connectivity index (χ0v) is 12.3. The van der Waals surface area contributed by atoms with Crippen LogP contribution < -0.4 is 20.3 Å². The number of primary sulfonamides is 1. The van der Waals surface area contributed by atoms with E-state index in [0.29, 0.717) is 18.1 Å². The van der Waals surface area contributed by atoms with Gasteiger partial charge in [0, 0.05) is 11.8 Å². The molecule has 2 aromatic rings. The molecule has 0 spiro atoms. The number of nitrogens with two attached hydrogens (primary N) is 2. The molecule has 6 nitrogen and oxygen atoms in total. The number of sulfonamides is 1. The van der Waals surface area contributed by atoms with E-state index in [1.807, 2.05) is 6.92 Å². The summed E-state index contributed by atoms with van der Waals surface area (Å²) >= 11 is 0. The third-order valence-corrected chi connectivity index (χ3v) is 3.55. The maximum Gasteiger partial charge on any atom is 0.241 e. The molecule has 112 valence electrons. The Bertz CT molecular complexity index is 744. The maximum atomic E-state index is 11.6. The van der Waals surface area contributed by atoms with Crippen LogP contribution in [0.2, 0.25) is 0 Å². The molecule has 2 rings (SSSR count). The van der Waals surface area contributed by atoms with Crippen molar-refractivity contribution < 1.29 is 17.9 Å². The van der Waals surface area contributed by atoms with Gasteiger partial charge in [-0.3, -0.25) is 0 Å². The fraction of sp³-hybridized carbons (Fsp3) is 0.143. The fourth-order valence-electron chi connectivity index (χ4n) is 1.75. The molecule has 0 atom stereocenters. The van der Waals surface area contributed by atoms with Crippen molar-refractivity contribution in [3.63, 3.8) is 0 Å². The Kier molecular flexibility index (Phi) is 4.35. The SMILES string of the molecule is CCOc1cccc(Oc2ccc(N)cc2S(N)(=O)=O)c1. The first-order valence-electron chi connectivity index (χ1n) is 6.23. The van der Waals surface area contributed by atoms with E-state index in [2.05, 4.69) is 0 Å². The van der Waals surface area contributed by atoms with Crippen LogP contribution in [-0.2, 0) is 10.0 Å². The van der Waals surface area contributed by atoms with E-state index in [0.717, 1.165) is 0 Å². The predicted molar refractivity (Wildman–Crippen MR) is 79.9 cm³/mol. The van der Waals surface area contributed by atoms with Gasteiger partial charge in [-0.05, 0) is 37.3 Å². The van der Waals surface area contributed by atoms with Gasteiger partial charge in [0.25, 0.3) is 0 Å². The molecular formula is C14H16N2O4S. The first-order chi connectivity index (χ1) is 9.90. The van der Waals surface area contributed by atoms with Gasteiger partial charge >= 0.3 is 0 Å². The highest BCUT2D eigenvalue weighted by Gasteiger charge is 2.16. The zero-order chi connectivity index (χ0) is 15.5. The van der Waals surface area contributed by atoms with Crippen LogP contribution in [0.25, 0.3) is 0 Å². The third-order valence-electron chi connectivity index (χ3n) is 2.62. The number of benzene rings is 2. The molecule has 2 aromatic carbocycles. The van der Waals surface area contributed by atoms with Crippen LogP contribution in [0.5, 0.6) is 17.2 Å². The number of ether oxygens (including phenoxy) is 2. The van der Waals surface area contributed by atoms with Gasteiger partial charge < -0.3 is 15.2 Å². The molecule has 0 bridgehead atoms. The predicted octanol–water partition coefficient (Wildman–Crippen LogP) is 2.11. The number of rotatable bonds is 5. The third kappa shape index (κ3) is 3.87. The summed E-state index contributed by atoms with van der Waals surface area (Å²) in [6, 6.07) is 11.1.